The van der Waals surface area contributed by atoms with Gasteiger partial charge in [0, 0.05) is 25.6 Å². The van der Waals surface area contributed by atoms with Crippen LogP contribution in [0.1, 0.15) is 17.5 Å². The summed E-state index contributed by atoms with van der Waals surface area (Å²) in [6, 6.07) is 2.29. The Kier molecular flexibility index (Phi) is 4.48. The predicted octanol–water partition coefficient (Wildman–Crippen LogP) is 2.10. The molecule has 1 fully saturated rings. The third kappa shape index (κ3) is 3.70. The molecule has 1 atom stereocenters. The van der Waals surface area contributed by atoms with Gasteiger partial charge in [-0.25, -0.2) is 9.82 Å². The van der Waals surface area contributed by atoms with Gasteiger partial charge in [0.05, 0.1) is 12.2 Å². The Hall–Kier alpha value is -1.67. The Bertz CT molecular complexity index is 529. The van der Waals surface area contributed by atoms with Gasteiger partial charge in [-0.2, -0.15) is 13.2 Å². The number of hydrogen-bond acceptors (Lipinski definition) is 3. The van der Waals surface area contributed by atoms with Crippen molar-refractivity contribution in [1.29, 1.82) is 0 Å². The van der Waals surface area contributed by atoms with Gasteiger partial charge in [0.25, 0.3) is 5.91 Å². The summed E-state index contributed by atoms with van der Waals surface area (Å²) in [5.41, 5.74) is 1.62. The van der Waals surface area contributed by atoms with Gasteiger partial charge in [0.15, 0.2) is 0 Å². The maximum absolute atomic E-state index is 13.6. The first-order valence-electron chi connectivity index (χ1n) is 6.27. The summed E-state index contributed by atoms with van der Waals surface area (Å²) < 4.78 is 55.8. The first-order chi connectivity index (χ1) is 9.79. The number of rotatable bonds is 4. The number of carbonyl (C=O) groups is 1. The SMILES string of the molecule is CN(NCc1ccc(C(F)(F)F)cc1F)C(=O)[C@@H]1CCO1. The number of halogens is 4. The lowest BCUT2D eigenvalue weighted by Crippen LogP contribution is -2.49. The molecule has 4 nitrogen and oxygen atoms in total. The fourth-order valence-corrected chi connectivity index (χ4v) is 1.80. The summed E-state index contributed by atoms with van der Waals surface area (Å²) in [4.78, 5) is 11.7. The molecule has 0 bridgehead atoms. The Labute approximate surface area is 118 Å². The standard InChI is InChI=1S/C13H14F4N2O2/c1-19(12(20)11-4-5-21-11)18-7-8-2-3-9(6-10(8)14)13(15,16)17/h2-3,6,11,18H,4-5,7H2,1H3/t11-/m0/s1. The van der Waals surface area contributed by atoms with E-state index in [2.05, 4.69) is 5.43 Å². The number of likely N-dealkylation sites (N-methyl/N-ethyl adjacent to an activating group) is 1. The number of nitrogens with zero attached hydrogens (tertiary/aromatic N) is 1. The fourth-order valence-electron chi connectivity index (χ4n) is 1.80. The molecule has 0 saturated carbocycles. The van der Waals surface area contributed by atoms with Gasteiger partial charge in [0.1, 0.15) is 11.9 Å². The zero-order chi connectivity index (χ0) is 15.6. The molecule has 0 aliphatic carbocycles. The quantitative estimate of drug-likeness (QED) is 0.684. The number of amides is 1. The van der Waals surface area contributed by atoms with Crippen LogP contribution in [-0.2, 0) is 22.3 Å². The van der Waals surface area contributed by atoms with Gasteiger partial charge in [0.2, 0.25) is 0 Å². The third-order valence-corrected chi connectivity index (χ3v) is 3.19. The van der Waals surface area contributed by atoms with E-state index in [1.807, 2.05) is 0 Å². The van der Waals surface area contributed by atoms with Crippen LogP contribution in [0.2, 0.25) is 0 Å². The second kappa shape index (κ2) is 5.98. The largest absolute Gasteiger partial charge is 0.416 e. The number of alkyl halides is 3. The van der Waals surface area contributed by atoms with Crippen molar-refractivity contribution in [2.45, 2.75) is 25.2 Å². The monoisotopic (exact) mass is 306 g/mol. The number of hydrazine groups is 1. The van der Waals surface area contributed by atoms with Crippen LogP contribution in [0.3, 0.4) is 0 Å². The summed E-state index contributed by atoms with van der Waals surface area (Å²) >= 11 is 0. The summed E-state index contributed by atoms with van der Waals surface area (Å²) in [7, 11) is 1.45. The number of carbonyl (C=O) groups excluding carboxylic acids is 1. The molecule has 116 valence electrons. The van der Waals surface area contributed by atoms with E-state index in [1.54, 1.807) is 0 Å². The summed E-state index contributed by atoms with van der Waals surface area (Å²) in [5, 5.41) is 1.15. The van der Waals surface area contributed by atoms with Gasteiger partial charge < -0.3 is 4.74 Å². The maximum Gasteiger partial charge on any atom is 0.416 e. The topological polar surface area (TPSA) is 41.6 Å². The average Bonchev–Trinajstić information content (AvgIpc) is 2.33. The maximum atomic E-state index is 13.6. The van der Waals surface area contributed by atoms with E-state index in [-0.39, 0.29) is 18.0 Å². The van der Waals surface area contributed by atoms with E-state index >= 15 is 0 Å². The van der Waals surface area contributed by atoms with Crippen molar-refractivity contribution in [3.05, 3.63) is 35.1 Å². The molecule has 0 unspecified atom stereocenters. The Morgan fingerprint density at radius 2 is 2.14 bits per heavy atom. The van der Waals surface area contributed by atoms with E-state index in [9.17, 15) is 22.4 Å². The Morgan fingerprint density at radius 1 is 1.48 bits per heavy atom. The lowest BCUT2D eigenvalue weighted by Gasteiger charge is -2.29. The molecule has 1 aromatic rings. The van der Waals surface area contributed by atoms with Gasteiger partial charge in [-0.05, 0) is 12.1 Å². The first-order valence-corrected chi connectivity index (χ1v) is 6.27. The van der Waals surface area contributed by atoms with Crippen LogP contribution in [0, 0.1) is 5.82 Å². The van der Waals surface area contributed by atoms with Crippen molar-refractivity contribution in [3.8, 4) is 0 Å². The summed E-state index contributed by atoms with van der Waals surface area (Å²) in [6.07, 6.45) is -4.46. The Balaban J connectivity index is 1.95. The second-order valence-corrected chi connectivity index (χ2v) is 4.68. The van der Waals surface area contributed by atoms with Crippen LogP contribution in [0.15, 0.2) is 18.2 Å². The lowest BCUT2D eigenvalue weighted by molar-refractivity contribution is -0.157. The van der Waals surface area contributed by atoms with Crippen LogP contribution in [0.25, 0.3) is 0 Å². The lowest BCUT2D eigenvalue weighted by atomic mass is 10.1. The molecule has 1 aromatic carbocycles. The van der Waals surface area contributed by atoms with Crippen LogP contribution < -0.4 is 5.43 Å². The molecule has 1 N–H and O–H groups in total. The highest BCUT2D eigenvalue weighted by molar-refractivity contribution is 5.80. The van der Waals surface area contributed by atoms with Gasteiger partial charge >= 0.3 is 6.18 Å². The highest BCUT2D eigenvalue weighted by Gasteiger charge is 2.31. The molecular formula is C13H14F4N2O2. The molecule has 0 radical (unpaired) electrons. The van der Waals surface area contributed by atoms with Crippen LogP contribution in [0.4, 0.5) is 17.6 Å². The molecule has 1 saturated heterocycles. The van der Waals surface area contributed by atoms with Gasteiger partial charge in [-0.1, -0.05) is 6.07 Å². The molecule has 21 heavy (non-hydrogen) atoms. The molecular weight excluding hydrogens is 292 g/mol. The Morgan fingerprint density at radius 3 is 2.62 bits per heavy atom. The van der Waals surface area contributed by atoms with Crippen molar-refractivity contribution < 1.29 is 27.1 Å². The number of ether oxygens (including phenoxy) is 1. The number of benzene rings is 1. The molecule has 1 aliphatic heterocycles. The highest BCUT2D eigenvalue weighted by atomic mass is 19.4. The predicted molar refractivity (Wildman–Crippen MR) is 65.4 cm³/mol. The average molecular weight is 306 g/mol. The second-order valence-electron chi connectivity index (χ2n) is 4.68. The molecule has 1 amide bonds. The minimum Gasteiger partial charge on any atom is -0.368 e. The van der Waals surface area contributed by atoms with Gasteiger partial charge in [-0.3, -0.25) is 9.80 Å². The molecule has 0 aromatic heterocycles. The minimum absolute atomic E-state index is 0.0391. The number of nitrogens with one attached hydrogen (secondary N) is 1. The van der Waals surface area contributed by atoms with E-state index in [0.717, 1.165) is 17.1 Å². The molecule has 1 aliphatic rings. The molecule has 8 heteroatoms. The summed E-state index contributed by atoms with van der Waals surface area (Å²) in [5.74, 6) is -1.27. The zero-order valence-electron chi connectivity index (χ0n) is 11.2. The van der Waals surface area contributed by atoms with E-state index in [0.29, 0.717) is 19.1 Å². The van der Waals surface area contributed by atoms with Gasteiger partial charge in [-0.15, -0.1) is 0 Å². The smallest absolute Gasteiger partial charge is 0.368 e. The minimum atomic E-state index is -4.58. The first kappa shape index (κ1) is 15.7. The zero-order valence-corrected chi connectivity index (χ0v) is 11.2. The van der Waals surface area contributed by atoms with Crippen molar-refractivity contribution in [2.75, 3.05) is 13.7 Å². The van der Waals surface area contributed by atoms with Crippen LogP contribution in [-0.4, -0.2) is 30.7 Å². The number of hydrogen-bond donors (Lipinski definition) is 1. The van der Waals surface area contributed by atoms with E-state index < -0.39 is 23.7 Å². The fraction of sp³-hybridized carbons (Fsp3) is 0.462. The van der Waals surface area contributed by atoms with Crippen molar-refractivity contribution >= 4 is 5.91 Å². The molecule has 2 rings (SSSR count). The van der Waals surface area contributed by atoms with Crippen LogP contribution >= 0.6 is 0 Å². The molecule has 0 spiro atoms. The van der Waals surface area contributed by atoms with Crippen molar-refractivity contribution in [1.82, 2.24) is 10.4 Å². The molecule has 1 heterocycles. The highest BCUT2D eigenvalue weighted by Crippen LogP contribution is 2.30. The normalized spacial score (nSPS) is 18.2. The van der Waals surface area contributed by atoms with Crippen molar-refractivity contribution in [2.24, 2.45) is 0 Å². The third-order valence-electron chi connectivity index (χ3n) is 3.19. The summed E-state index contributed by atoms with van der Waals surface area (Å²) in [6.45, 7) is 0.427. The van der Waals surface area contributed by atoms with E-state index in [1.165, 1.54) is 7.05 Å². The van der Waals surface area contributed by atoms with Crippen molar-refractivity contribution in [3.63, 3.8) is 0 Å². The van der Waals surface area contributed by atoms with E-state index in [4.69, 9.17) is 4.74 Å². The van der Waals surface area contributed by atoms with Crippen LogP contribution in [0.5, 0.6) is 0 Å².